The van der Waals surface area contributed by atoms with Gasteiger partial charge in [-0.2, -0.15) is 0 Å². The number of halogens is 1. The number of pyridine rings is 1. The van der Waals surface area contributed by atoms with Crippen LogP contribution in [0.15, 0.2) is 47.1 Å². The number of nitrogens with zero attached hydrogens (tertiary/aromatic N) is 2. The Balaban J connectivity index is 1.60. The van der Waals surface area contributed by atoms with E-state index in [2.05, 4.69) is 20.9 Å². The molecule has 0 saturated carbocycles. The molecule has 1 aromatic heterocycles. The minimum atomic E-state index is -0.199. The van der Waals surface area contributed by atoms with E-state index in [9.17, 15) is 4.79 Å². The Morgan fingerprint density at radius 2 is 2.08 bits per heavy atom. The molecule has 3 rings (SSSR count). The third kappa shape index (κ3) is 4.49. The molecule has 2 aromatic rings. The van der Waals surface area contributed by atoms with Crippen LogP contribution in [0.25, 0.3) is 0 Å². The summed E-state index contributed by atoms with van der Waals surface area (Å²) in [5, 5.41) is 0. The summed E-state index contributed by atoms with van der Waals surface area (Å²) < 4.78 is 17.4. The maximum atomic E-state index is 12.6. The number of methoxy groups -OCH3 is 1. The van der Waals surface area contributed by atoms with Gasteiger partial charge in [-0.05, 0) is 40.2 Å². The van der Waals surface area contributed by atoms with Crippen LogP contribution in [0, 0.1) is 0 Å². The Kier molecular flexibility index (Phi) is 5.88. The standard InChI is InChI=1S/C18H19BrN2O4/c1-23-15-6-2-3-7-16(15)25-12-13-11-21(9-10-24-13)18(22)14-5-4-8-17(19)20-14/h2-8,13H,9-12H2,1H3/t13-/m0/s1. The first kappa shape index (κ1) is 17.7. The first-order valence-electron chi connectivity index (χ1n) is 7.96. The zero-order valence-electron chi connectivity index (χ0n) is 13.9. The zero-order valence-corrected chi connectivity index (χ0v) is 15.4. The SMILES string of the molecule is COc1ccccc1OC[C@@H]1CN(C(=O)c2cccc(Br)n2)CCO1. The van der Waals surface area contributed by atoms with Crippen LogP contribution in [0.5, 0.6) is 11.5 Å². The van der Waals surface area contributed by atoms with E-state index in [1.54, 1.807) is 30.2 Å². The van der Waals surface area contributed by atoms with E-state index in [1.807, 2.05) is 24.3 Å². The van der Waals surface area contributed by atoms with Gasteiger partial charge in [-0.1, -0.05) is 18.2 Å². The summed E-state index contributed by atoms with van der Waals surface area (Å²) in [5.74, 6) is 1.22. The van der Waals surface area contributed by atoms with Gasteiger partial charge in [-0.15, -0.1) is 0 Å². The predicted molar refractivity (Wildman–Crippen MR) is 96.1 cm³/mol. The number of hydrogen-bond donors (Lipinski definition) is 0. The van der Waals surface area contributed by atoms with E-state index in [-0.39, 0.29) is 12.0 Å². The second-order valence-electron chi connectivity index (χ2n) is 5.55. The lowest BCUT2D eigenvalue weighted by Gasteiger charge is -2.32. The van der Waals surface area contributed by atoms with Crippen molar-refractivity contribution in [3.8, 4) is 11.5 Å². The number of para-hydroxylation sites is 2. The molecule has 0 N–H and O–H groups in total. The summed E-state index contributed by atoms with van der Waals surface area (Å²) in [6, 6.07) is 12.8. The molecule has 25 heavy (non-hydrogen) atoms. The van der Waals surface area contributed by atoms with E-state index in [4.69, 9.17) is 14.2 Å². The minimum absolute atomic E-state index is 0.105. The van der Waals surface area contributed by atoms with Crippen molar-refractivity contribution in [1.82, 2.24) is 9.88 Å². The number of ether oxygens (including phenoxy) is 3. The lowest BCUT2D eigenvalue weighted by Crippen LogP contribution is -2.47. The topological polar surface area (TPSA) is 60.9 Å². The van der Waals surface area contributed by atoms with Crippen molar-refractivity contribution in [2.24, 2.45) is 0 Å². The number of amides is 1. The van der Waals surface area contributed by atoms with Gasteiger partial charge in [0.15, 0.2) is 11.5 Å². The minimum Gasteiger partial charge on any atom is -0.493 e. The maximum absolute atomic E-state index is 12.6. The largest absolute Gasteiger partial charge is 0.493 e. The van der Waals surface area contributed by atoms with Crippen LogP contribution in [0.3, 0.4) is 0 Å². The monoisotopic (exact) mass is 406 g/mol. The number of rotatable bonds is 5. The molecule has 1 saturated heterocycles. The van der Waals surface area contributed by atoms with Gasteiger partial charge >= 0.3 is 0 Å². The van der Waals surface area contributed by atoms with Crippen LogP contribution in [0.4, 0.5) is 0 Å². The number of hydrogen-bond acceptors (Lipinski definition) is 5. The summed E-state index contributed by atoms with van der Waals surface area (Å²) in [6.45, 7) is 1.82. The van der Waals surface area contributed by atoms with Crippen molar-refractivity contribution < 1.29 is 19.0 Å². The second kappa shape index (κ2) is 8.31. The molecule has 0 bridgehead atoms. The highest BCUT2D eigenvalue weighted by molar-refractivity contribution is 9.10. The number of morpholine rings is 1. The molecule has 0 spiro atoms. The average Bonchev–Trinajstić information content (AvgIpc) is 2.66. The molecule has 1 amide bonds. The van der Waals surface area contributed by atoms with E-state index in [0.29, 0.717) is 48.1 Å². The molecule has 2 heterocycles. The molecule has 1 atom stereocenters. The number of benzene rings is 1. The number of carbonyl (C=O) groups is 1. The van der Waals surface area contributed by atoms with Gasteiger partial charge in [0.1, 0.15) is 23.0 Å². The van der Waals surface area contributed by atoms with Crippen LogP contribution in [0.1, 0.15) is 10.5 Å². The van der Waals surface area contributed by atoms with Gasteiger partial charge in [0.2, 0.25) is 0 Å². The highest BCUT2D eigenvalue weighted by atomic mass is 79.9. The van der Waals surface area contributed by atoms with Crippen molar-refractivity contribution in [2.45, 2.75) is 6.10 Å². The molecular formula is C18H19BrN2O4. The highest BCUT2D eigenvalue weighted by Gasteiger charge is 2.26. The summed E-state index contributed by atoms with van der Waals surface area (Å²) in [6.07, 6.45) is -0.199. The van der Waals surface area contributed by atoms with Gasteiger partial charge in [0, 0.05) is 6.54 Å². The van der Waals surface area contributed by atoms with E-state index in [1.165, 1.54) is 0 Å². The van der Waals surface area contributed by atoms with Crippen LogP contribution in [-0.4, -0.2) is 55.3 Å². The molecule has 1 aliphatic heterocycles. The quantitative estimate of drug-likeness (QED) is 0.714. The Morgan fingerprint density at radius 1 is 1.28 bits per heavy atom. The predicted octanol–water partition coefficient (Wildman–Crippen LogP) is 2.77. The third-order valence-electron chi connectivity index (χ3n) is 3.85. The van der Waals surface area contributed by atoms with Gasteiger partial charge < -0.3 is 19.1 Å². The van der Waals surface area contributed by atoms with Crippen molar-refractivity contribution >= 4 is 21.8 Å². The molecule has 6 nitrogen and oxygen atoms in total. The maximum Gasteiger partial charge on any atom is 0.272 e. The zero-order chi connectivity index (χ0) is 17.6. The lowest BCUT2D eigenvalue weighted by atomic mass is 10.2. The number of aromatic nitrogens is 1. The summed E-state index contributed by atoms with van der Waals surface area (Å²) in [4.78, 5) is 18.6. The second-order valence-corrected chi connectivity index (χ2v) is 6.36. The number of carbonyl (C=O) groups excluding carboxylic acids is 1. The fourth-order valence-corrected chi connectivity index (χ4v) is 2.96. The molecule has 1 fully saturated rings. The summed E-state index contributed by atoms with van der Waals surface area (Å²) in [5.41, 5.74) is 0.417. The fraction of sp³-hybridized carbons (Fsp3) is 0.333. The van der Waals surface area contributed by atoms with Gasteiger partial charge in [-0.25, -0.2) is 4.98 Å². The van der Waals surface area contributed by atoms with Crippen molar-refractivity contribution in [3.05, 3.63) is 52.8 Å². The normalized spacial score (nSPS) is 17.2. The molecule has 1 aromatic carbocycles. The first-order valence-corrected chi connectivity index (χ1v) is 8.76. The molecule has 1 aliphatic rings. The van der Waals surface area contributed by atoms with Gasteiger partial charge in [0.05, 0.1) is 20.3 Å². The van der Waals surface area contributed by atoms with E-state index >= 15 is 0 Å². The van der Waals surface area contributed by atoms with Crippen molar-refractivity contribution in [1.29, 1.82) is 0 Å². The molecule has 0 radical (unpaired) electrons. The Hall–Kier alpha value is -2.12. The third-order valence-corrected chi connectivity index (χ3v) is 4.30. The average molecular weight is 407 g/mol. The molecule has 132 valence electrons. The Bertz CT molecular complexity index is 741. The summed E-state index contributed by atoms with van der Waals surface area (Å²) >= 11 is 3.29. The van der Waals surface area contributed by atoms with Gasteiger partial charge in [-0.3, -0.25) is 4.79 Å². The van der Waals surface area contributed by atoms with Crippen molar-refractivity contribution in [3.63, 3.8) is 0 Å². The highest BCUT2D eigenvalue weighted by Crippen LogP contribution is 2.26. The van der Waals surface area contributed by atoms with E-state index in [0.717, 1.165) is 0 Å². The van der Waals surface area contributed by atoms with Crippen LogP contribution in [-0.2, 0) is 4.74 Å². The first-order chi connectivity index (χ1) is 12.2. The van der Waals surface area contributed by atoms with Crippen LogP contribution >= 0.6 is 15.9 Å². The Morgan fingerprint density at radius 3 is 2.84 bits per heavy atom. The fourth-order valence-electron chi connectivity index (χ4n) is 2.61. The lowest BCUT2D eigenvalue weighted by molar-refractivity contribution is -0.0405. The van der Waals surface area contributed by atoms with Crippen molar-refractivity contribution in [2.75, 3.05) is 33.4 Å². The molecule has 0 unspecified atom stereocenters. The smallest absolute Gasteiger partial charge is 0.272 e. The van der Waals surface area contributed by atoms with Crippen LogP contribution < -0.4 is 9.47 Å². The molecule has 0 aliphatic carbocycles. The summed E-state index contributed by atoms with van der Waals surface area (Å²) in [7, 11) is 1.60. The van der Waals surface area contributed by atoms with Crippen LogP contribution in [0.2, 0.25) is 0 Å². The molecule has 7 heteroatoms. The van der Waals surface area contributed by atoms with E-state index < -0.39 is 0 Å². The Labute approximate surface area is 154 Å². The van der Waals surface area contributed by atoms with Gasteiger partial charge in [0.25, 0.3) is 5.91 Å². The molecular weight excluding hydrogens is 388 g/mol.